The Morgan fingerprint density at radius 2 is 1.85 bits per heavy atom. The van der Waals surface area contributed by atoms with E-state index in [0.717, 1.165) is 18.7 Å². The highest BCUT2D eigenvalue weighted by Gasteiger charge is 2.37. The number of benzene rings is 1. The van der Waals surface area contributed by atoms with Crippen LogP contribution in [0.15, 0.2) is 18.2 Å². The Kier molecular flexibility index (Phi) is 5.75. The Morgan fingerprint density at radius 1 is 1.19 bits per heavy atom. The van der Waals surface area contributed by atoms with Crippen LogP contribution in [0.5, 0.6) is 5.75 Å². The molecule has 26 heavy (non-hydrogen) atoms. The van der Waals surface area contributed by atoms with Crippen LogP contribution >= 0.6 is 0 Å². The van der Waals surface area contributed by atoms with Crippen molar-refractivity contribution < 1.29 is 22.7 Å². The van der Waals surface area contributed by atoms with Crippen molar-refractivity contribution in [3.05, 3.63) is 29.6 Å². The van der Waals surface area contributed by atoms with Gasteiger partial charge in [0, 0.05) is 38.4 Å². The van der Waals surface area contributed by atoms with Gasteiger partial charge in [-0.05, 0) is 43.6 Å². The van der Waals surface area contributed by atoms with E-state index in [-0.39, 0.29) is 49.3 Å². The number of halogens is 3. The molecular weight excluding hydrogens is 345 g/mol. The van der Waals surface area contributed by atoms with Gasteiger partial charge >= 0.3 is 0 Å². The predicted molar refractivity (Wildman–Crippen MR) is 91.7 cm³/mol. The van der Waals surface area contributed by atoms with Crippen LogP contribution in [0, 0.1) is 11.7 Å². The van der Waals surface area contributed by atoms with Gasteiger partial charge < -0.3 is 9.64 Å². The third-order valence-corrected chi connectivity index (χ3v) is 5.37. The zero-order valence-electron chi connectivity index (χ0n) is 15.0. The van der Waals surface area contributed by atoms with Crippen molar-refractivity contribution in [1.29, 1.82) is 0 Å². The van der Waals surface area contributed by atoms with Crippen LogP contribution in [0.25, 0.3) is 0 Å². The number of hydrogen-bond acceptors (Lipinski definition) is 3. The fourth-order valence-corrected chi connectivity index (χ4v) is 3.72. The molecule has 3 rings (SSSR count). The Morgan fingerprint density at radius 3 is 2.42 bits per heavy atom. The van der Waals surface area contributed by atoms with Crippen LogP contribution in [0.3, 0.4) is 0 Å². The number of methoxy groups -OCH3 is 1. The summed E-state index contributed by atoms with van der Waals surface area (Å²) in [6.45, 7) is 2.41. The molecule has 2 fully saturated rings. The number of piperidine rings is 2. The van der Waals surface area contributed by atoms with Crippen LogP contribution in [0.2, 0.25) is 0 Å². The van der Waals surface area contributed by atoms with Crippen molar-refractivity contribution in [2.75, 3.05) is 33.3 Å². The number of ether oxygens (including phenoxy) is 1. The van der Waals surface area contributed by atoms with E-state index >= 15 is 0 Å². The molecule has 0 saturated carbocycles. The molecule has 1 amide bonds. The molecule has 4 nitrogen and oxygen atoms in total. The first-order valence-corrected chi connectivity index (χ1v) is 9.09. The number of hydrogen-bond donors (Lipinski definition) is 0. The first-order chi connectivity index (χ1) is 12.4. The third-order valence-electron chi connectivity index (χ3n) is 5.37. The van der Waals surface area contributed by atoms with Gasteiger partial charge in [-0.2, -0.15) is 0 Å². The van der Waals surface area contributed by atoms with Gasteiger partial charge in [-0.15, -0.1) is 0 Å². The summed E-state index contributed by atoms with van der Waals surface area (Å²) in [5.41, 5.74) is 0.867. The Labute approximate surface area is 151 Å². The van der Waals surface area contributed by atoms with Gasteiger partial charge in [0.05, 0.1) is 7.11 Å². The normalized spacial score (nSPS) is 21.6. The molecular formula is C19H25F3N2O2. The molecule has 0 aliphatic carbocycles. The first-order valence-electron chi connectivity index (χ1n) is 9.09. The lowest BCUT2D eigenvalue weighted by Gasteiger charge is -2.37. The SMILES string of the molecule is COc1ccc(CN2CCC(C(=O)N3CCC(F)(F)CC3)CC2)cc1F. The summed E-state index contributed by atoms with van der Waals surface area (Å²) in [4.78, 5) is 16.3. The van der Waals surface area contributed by atoms with Gasteiger partial charge in [-0.3, -0.25) is 9.69 Å². The molecule has 1 aromatic rings. The van der Waals surface area contributed by atoms with E-state index in [2.05, 4.69) is 4.90 Å². The van der Waals surface area contributed by atoms with E-state index in [1.807, 2.05) is 6.07 Å². The molecule has 1 aromatic carbocycles. The summed E-state index contributed by atoms with van der Waals surface area (Å²) in [5.74, 6) is -2.86. The highest BCUT2D eigenvalue weighted by molar-refractivity contribution is 5.79. The molecule has 2 aliphatic heterocycles. The van der Waals surface area contributed by atoms with Crippen LogP contribution in [-0.2, 0) is 11.3 Å². The molecule has 0 unspecified atom stereocenters. The fraction of sp³-hybridized carbons (Fsp3) is 0.632. The van der Waals surface area contributed by atoms with E-state index in [0.29, 0.717) is 19.4 Å². The minimum atomic E-state index is -2.63. The fourth-order valence-electron chi connectivity index (χ4n) is 3.72. The maximum absolute atomic E-state index is 13.8. The number of likely N-dealkylation sites (tertiary alicyclic amines) is 2. The maximum Gasteiger partial charge on any atom is 0.251 e. The molecule has 2 aliphatic rings. The van der Waals surface area contributed by atoms with E-state index < -0.39 is 5.92 Å². The molecule has 0 bridgehead atoms. The van der Waals surface area contributed by atoms with Crippen LogP contribution in [-0.4, -0.2) is 54.9 Å². The minimum Gasteiger partial charge on any atom is -0.494 e. The lowest BCUT2D eigenvalue weighted by molar-refractivity contribution is -0.143. The Hall–Kier alpha value is -1.76. The van der Waals surface area contributed by atoms with Crippen molar-refractivity contribution in [2.24, 2.45) is 5.92 Å². The average Bonchev–Trinajstić information content (AvgIpc) is 2.62. The zero-order chi connectivity index (χ0) is 18.7. The Bertz CT molecular complexity index is 636. The highest BCUT2D eigenvalue weighted by Crippen LogP contribution is 2.30. The van der Waals surface area contributed by atoms with Gasteiger partial charge in [0.2, 0.25) is 5.91 Å². The van der Waals surface area contributed by atoms with Crippen molar-refractivity contribution >= 4 is 5.91 Å². The summed E-state index contributed by atoms with van der Waals surface area (Å²) in [6, 6.07) is 4.93. The van der Waals surface area contributed by atoms with Gasteiger partial charge in [0.1, 0.15) is 0 Å². The number of alkyl halides is 2. The summed E-state index contributed by atoms with van der Waals surface area (Å²) >= 11 is 0. The summed E-state index contributed by atoms with van der Waals surface area (Å²) in [7, 11) is 1.43. The second-order valence-electron chi connectivity index (χ2n) is 7.20. The molecule has 7 heteroatoms. The quantitative estimate of drug-likeness (QED) is 0.815. The highest BCUT2D eigenvalue weighted by atomic mass is 19.3. The smallest absolute Gasteiger partial charge is 0.251 e. The molecule has 144 valence electrons. The summed E-state index contributed by atoms with van der Waals surface area (Å²) in [5, 5.41) is 0. The standard InChI is InChI=1S/C19H25F3N2O2/c1-26-17-3-2-14(12-16(17)20)13-23-8-4-15(5-9-23)18(25)24-10-6-19(21,22)7-11-24/h2-3,12,15H,4-11,13H2,1H3. The lowest BCUT2D eigenvalue weighted by Crippen LogP contribution is -2.47. The minimum absolute atomic E-state index is 0.00985. The van der Waals surface area contributed by atoms with Gasteiger partial charge in [-0.1, -0.05) is 6.07 Å². The summed E-state index contributed by atoms with van der Waals surface area (Å²) in [6.07, 6.45) is 0.954. The number of rotatable bonds is 4. The van der Waals surface area contributed by atoms with E-state index in [1.165, 1.54) is 13.2 Å². The Balaban J connectivity index is 1.48. The molecule has 0 atom stereocenters. The van der Waals surface area contributed by atoms with Crippen LogP contribution < -0.4 is 4.74 Å². The third kappa shape index (κ3) is 4.50. The monoisotopic (exact) mass is 370 g/mol. The van der Waals surface area contributed by atoms with E-state index in [4.69, 9.17) is 4.74 Å². The van der Waals surface area contributed by atoms with E-state index in [1.54, 1.807) is 11.0 Å². The lowest BCUT2D eigenvalue weighted by atomic mass is 9.93. The number of amides is 1. The van der Waals surface area contributed by atoms with Crippen LogP contribution in [0.1, 0.15) is 31.2 Å². The largest absolute Gasteiger partial charge is 0.494 e. The van der Waals surface area contributed by atoms with Crippen LogP contribution in [0.4, 0.5) is 13.2 Å². The van der Waals surface area contributed by atoms with Gasteiger partial charge in [0.15, 0.2) is 11.6 Å². The summed E-state index contributed by atoms with van der Waals surface area (Å²) < 4.78 is 45.2. The van der Waals surface area contributed by atoms with Gasteiger partial charge in [-0.25, -0.2) is 13.2 Å². The molecule has 2 heterocycles. The predicted octanol–water partition coefficient (Wildman–Crippen LogP) is 3.30. The number of carbonyl (C=O) groups excluding carboxylic acids is 1. The molecule has 0 aromatic heterocycles. The number of carbonyl (C=O) groups is 1. The van der Waals surface area contributed by atoms with Crippen molar-refractivity contribution in [3.63, 3.8) is 0 Å². The van der Waals surface area contributed by atoms with E-state index in [9.17, 15) is 18.0 Å². The topological polar surface area (TPSA) is 32.8 Å². The van der Waals surface area contributed by atoms with Crippen molar-refractivity contribution in [1.82, 2.24) is 9.80 Å². The molecule has 0 N–H and O–H groups in total. The van der Waals surface area contributed by atoms with Crippen molar-refractivity contribution in [3.8, 4) is 5.75 Å². The average molecular weight is 370 g/mol. The van der Waals surface area contributed by atoms with Gasteiger partial charge in [0.25, 0.3) is 5.92 Å². The zero-order valence-corrected chi connectivity index (χ0v) is 15.0. The second kappa shape index (κ2) is 7.86. The maximum atomic E-state index is 13.8. The first kappa shape index (κ1) is 19.0. The molecule has 2 saturated heterocycles. The van der Waals surface area contributed by atoms with Crippen molar-refractivity contribution in [2.45, 2.75) is 38.2 Å². The molecule has 0 radical (unpaired) electrons. The molecule has 0 spiro atoms. The number of nitrogens with zero attached hydrogens (tertiary/aromatic N) is 2. The second-order valence-corrected chi connectivity index (χ2v) is 7.20.